The molecule has 5 nitrogen and oxygen atoms in total. The van der Waals surface area contributed by atoms with Crippen LogP contribution in [0.4, 0.5) is 0 Å². The molecule has 1 aliphatic rings. The quantitative estimate of drug-likeness (QED) is 0.916. The molecular formula is C11H12BrNO4S. The van der Waals surface area contributed by atoms with Gasteiger partial charge >= 0.3 is 5.97 Å². The summed E-state index contributed by atoms with van der Waals surface area (Å²) < 4.78 is 6.11. The molecule has 7 heteroatoms. The fraction of sp³-hybridized carbons (Fsp3) is 0.455. The van der Waals surface area contributed by atoms with Crippen molar-refractivity contribution < 1.29 is 19.4 Å². The third-order valence-corrected chi connectivity index (χ3v) is 4.47. The van der Waals surface area contributed by atoms with Gasteiger partial charge in [0, 0.05) is 17.6 Å². The van der Waals surface area contributed by atoms with Crippen molar-refractivity contribution in [2.45, 2.75) is 12.5 Å². The minimum atomic E-state index is -0.911. The van der Waals surface area contributed by atoms with Gasteiger partial charge in [-0.1, -0.05) is 0 Å². The molecule has 1 aromatic rings. The van der Waals surface area contributed by atoms with Crippen molar-refractivity contribution in [3.63, 3.8) is 0 Å². The number of carboxylic acid groups (broad SMARTS) is 1. The average molecular weight is 334 g/mol. The number of thiophene rings is 1. The van der Waals surface area contributed by atoms with E-state index in [1.165, 1.54) is 11.3 Å². The molecule has 1 amide bonds. The Kier molecular flexibility index (Phi) is 4.36. The molecule has 1 aromatic heterocycles. The zero-order valence-electron chi connectivity index (χ0n) is 9.47. The van der Waals surface area contributed by atoms with Crippen LogP contribution in [0.2, 0.25) is 0 Å². The van der Waals surface area contributed by atoms with Crippen molar-refractivity contribution in [1.82, 2.24) is 4.90 Å². The Labute approximate surface area is 116 Å². The molecule has 1 fully saturated rings. The topological polar surface area (TPSA) is 66.8 Å². The van der Waals surface area contributed by atoms with Gasteiger partial charge in [-0.15, -0.1) is 11.3 Å². The standard InChI is InChI=1S/C11H12BrNO4S/c12-8-1-4-18-10(8)11(16)13-2-3-17-7(6-13)5-9(14)15/h1,4,7H,2-3,5-6H2,(H,14,15). The normalized spacial score (nSPS) is 19.8. The fourth-order valence-corrected chi connectivity index (χ4v) is 3.32. The van der Waals surface area contributed by atoms with Gasteiger partial charge in [-0.3, -0.25) is 9.59 Å². The van der Waals surface area contributed by atoms with Crippen LogP contribution in [0.25, 0.3) is 0 Å². The summed E-state index contributed by atoms with van der Waals surface area (Å²) in [6.45, 7) is 1.21. The van der Waals surface area contributed by atoms with Gasteiger partial charge in [0.05, 0.1) is 19.1 Å². The van der Waals surface area contributed by atoms with E-state index in [1.807, 2.05) is 11.4 Å². The van der Waals surface area contributed by atoms with Gasteiger partial charge in [0.15, 0.2) is 0 Å². The summed E-state index contributed by atoms with van der Waals surface area (Å²) in [5.41, 5.74) is 0. The molecule has 1 unspecified atom stereocenters. The first-order valence-corrected chi connectivity index (χ1v) is 7.11. The molecule has 0 saturated carbocycles. The Morgan fingerprint density at radius 3 is 3.00 bits per heavy atom. The van der Waals surface area contributed by atoms with E-state index in [0.717, 1.165) is 4.47 Å². The van der Waals surface area contributed by atoms with Crippen molar-refractivity contribution in [1.29, 1.82) is 0 Å². The van der Waals surface area contributed by atoms with Crippen LogP contribution in [0.3, 0.4) is 0 Å². The van der Waals surface area contributed by atoms with Crippen LogP contribution in [0.5, 0.6) is 0 Å². The number of rotatable bonds is 3. The molecule has 0 bridgehead atoms. The summed E-state index contributed by atoms with van der Waals surface area (Å²) in [5.74, 6) is -0.984. The Bertz CT molecular complexity index is 462. The molecule has 1 aliphatic heterocycles. The van der Waals surface area contributed by atoms with E-state index in [1.54, 1.807) is 4.90 Å². The maximum absolute atomic E-state index is 12.2. The lowest BCUT2D eigenvalue weighted by Crippen LogP contribution is -2.46. The number of nitrogens with zero attached hydrogens (tertiary/aromatic N) is 1. The molecule has 2 heterocycles. The zero-order chi connectivity index (χ0) is 13.1. The van der Waals surface area contributed by atoms with Gasteiger partial charge in [-0.2, -0.15) is 0 Å². The summed E-state index contributed by atoms with van der Waals surface area (Å²) in [6, 6.07) is 1.83. The van der Waals surface area contributed by atoms with Gasteiger partial charge in [0.1, 0.15) is 4.88 Å². The maximum Gasteiger partial charge on any atom is 0.306 e. The van der Waals surface area contributed by atoms with Gasteiger partial charge in [0.2, 0.25) is 0 Å². The van der Waals surface area contributed by atoms with Crippen LogP contribution >= 0.6 is 27.3 Å². The van der Waals surface area contributed by atoms with Crippen LogP contribution in [0.1, 0.15) is 16.1 Å². The molecule has 1 N–H and O–H groups in total. The fourth-order valence-electron chi connectivity index (χ4n) is 1.81. The number of amides is 1. The number of ether oxygens (including phenoxy) is 1. The van der Waals surface area contributed by atoms with Crippen molar-refractivity contribution in [2.75, 3.05) is 19.7 Å². The van der Waals surface area contributed by atoms with E-state index in [-0.39, 0.29) is 12.3 Å². The van der Waals surface area contributed by atoms with Crippen LogP contribution in [-0.4, -0.2) is 47.7 Å². The predicted octanol–water partition coefficient (Wildman–Crippen LogP) is 1.83. The van der Waals surface area contributed by atoms with Gasteiger partial charge < -0.3 is 14.7 Å². The first-order valence-electron chi connectivity index (χ1n) is 5.43. The summed E-state index contributed by atoms with van der Waals surface area (Å²) in [4.78, 5) is 25.1. The Morgan fingerprint density at radius 1 is 1.61 bits per heavy atom. The summed E-state index contributed by atoms with van der Waals surface area (Å²) in [7, 11) is 0. The summed E-state index contributed by atoms with van der Waals surface area (Å²) in [6.07, 6.45) is -0.492. The minimum Gasteiger partial charge on any atom is -0.481 e. The minimum absolute atomic E-state index is 0.0736. The molecule has 2 rings (SSSR count). The van der Waals surface area contributed by atoms with Crippen molar-refractivity contribution in [2.24, 2.45) is 0 Å². The highest BCUT2D eigenvalue weighted by molar-refractivity contribution is 9.10. The average Bonchev–Trinajstić information content (AvgIpc) is 2.74. The Morgan fingerprint density at radius 2 is 2.39 bits per heavy atom. The molecule has 98 valence electrons. The first-order chi connectivity index (χ1) is 8.58. The predicted molar refractivity (Wildman–Crippen MR) is 69.9 cm³/mol. The smallest absolute Gasteiger partial charge is 0.306 e. The highest BCUT2D eigenvalue weighted by atomic mass is 79.9. The zero-order valence-corrected chi connectivity index (χ0v) is 11.9. The first kappa shape index (κ1) is 13.5. The van der Waals surface area contributed by atoms with Crippen LogP contribution in [0, 0.1) is 0 Å². The number of halogens is 1. The second kappa shape index (κ2) is 5.81. The third kappa shape index (κ3) is 3.09. The molecule has 1 saturated heterocycles. The lowest BCUT2D eigenvalue weighted by molar-refractivity contribution is -0.141. The molecule has 0 aromatic carbocycles. The molecule has 0 aliphatic carbocycles. The second-order valence-corrected chi connectivity index (χ2v) is 5.71. The van der Waals surface area contributed by atoms with Crippen LogP contribution in [-0.2, 0) is 9.53 Å². The molecule has 18 heavy (non-hydrogen) atoms. The second-order valence-electron chi connectivity index (χ2n) is 3.94. The number of carbonyl (C=O) groups excluding carboxylic acids is 1. The van der Waals surface area contributed by atoms with E-state index in [0.29, 0.717) is 24.6 Å². The largest absolute Gasteiger partial charge is 0.481 e. The molecular weight excluding hydrogens is 322 g/mol. The van der Waals surface area contributed by atoms with Crippen molar-refractivity contribution in [3.8, 4) is 0 Å². The number of carboxylic acids is 1. The van der Waals surface area contributed by atoms with Gasteiger partial charge in [-0.25, -0.2) is 0 Å². The van der Waals surface area contributed by atoms with E-state index in [2.05, 4.69) is 15.9 Å². The Hall–Kier alpha value is -0.920. The van der Waals surface area contributed by atoms with Gasteiger partial charge in [0.25, 0.3) is 5.91 Å². The molecule has 0 radical (unpaired) electrons. The van der Waals surface area contributed by atoms with Crippen molar-refractivity contribution in [3.05, 3.63) is 20.8 Å². The maximum atomic E-state index is 12.2. The Balaban J connectivity index is 2.03. The number of aliphatic carboxylic acids is 1. The van der Waals surface area contributed by atoms with E-state index < -0.39 is 12.1 Å². The van der Waals surface area contributed by atoms with E-state index >= 15 is 0 Å². The lowest BCUT2D eigenvalue weighted by Gasteiger charge is -2.32. The van der Waals surface area contributed by atoms with E-state index in [9.17, 15) is 9.59 Å². The number of hydrogen-bond donors (Lipinski definition) is 1. The van der Waals surface area contributed by atoms with E-state index in [4.69, 9.17) is 9.84 Å². The highest BCUT2D eigenvalue weighted by Crippen LogP contribution is 2.25. The third-order valence-electron chi connectivity index (χ3n) is 2.64. The van der Waals surface area contributed by atoms with Crippen LogP contribution in [0.15, 0.2) is 15.9 Å². The molecule has 1 atom stereocenters. The van der Waals surface area contributed by atoms with Crippen molar-refractivity contribution >= 4 is 39.1 Å². The molecule has 0 spiro atoms. The summed E-state index contributed by atoms with van der Waals surface area (Å²) >= 11 is 4.70. The number of morpholine rings is 1. The lowest BCUT2D eigenvalue weighted by atomic mass is 10.2. The van der Waals surface area contributed by atoms with Gasteiger partial charge in [-0.05, 0) is 27.4 Å². The SMILES string of the molecule is O=C(O)CC1CN(C(=O)c2sccc2Br)CCO1. The van der Waals surface area contributed by atoms with Crippen LogP contribution < -0.4 is 0 Å². The number of hydrogen-bond acceptors (Lipinski definition) is 4. The number of carbonyl (C=O) groups is 2. The highest BCUT2D eigenvalue weighted by Gasteiger charge is 2.27. The monoisotopic (exact) mass is 333 g/mol. The summed E-state index contributed by atoms with van der Waals surface area (Å²) in [5, 5.41) is 10.6.